The normalized spacial score (nSPS) is 16.9. The third-order valence-electron chi connectivity index (χ3n) is 3.98. The van der Waals surface area contributed by atoms with Crippen LogP contribution >= 0.6 is 0 Å². The monoisotopic (exact) mass is 233 g/mol. The van der Waals surface area contributed by atoms with Gasteiger partial charge in [-0.15, -0.1) is 0 Å². The van der Waals surface area contributed by atoms with Gasteiger partial charge in [-0.2, -0.15) is 5.10 Å². The van der Waals surface area contributed by atoms with Crippen molar-refractivity contribution in [1.82, 2.24) is 19.3 Å². The molecule has 0 aromatic carbocycles. The molecule has 5 nitrogen and oxygen atoms in total. The standard InChI is InChI=1S/C12H19N5/c1-7-9-10(16(4)15-7)17(11(13)14-9)12(2,3)8-5-6-8/h8H,5-6H2,1-4H3,(H2,13,14). The van der Waals surface area contributed by atoms with Gasteiger partial charge in [-0.3, -0.25) is 9.25 Å². The maximum absolute atomic E-state index is 6.10. The van der Waals surface area contributed by atoms with Gasteiger partial charge in [0.05, 0.1) is 5.69 Å². The molecule has 2 aromatic rings. The largest absolute Gasteiger partial charge is 0.369 e. The molecule has 2 N–H and O–H groups in total. The molecule has 0 unspecified atom stereocenters. The number of nitrogen functional groups attached to an aromatic ring is 1. The molecular formula is C12H19N5. The van der Waals surface area contributed by atoms with Gasteiger partial charge in [-0.05, 0) is 39.5 Å². The van der Waals surface area contributed by atoms with Crippen LogP contribution in [-0.4, -0.2) is 19.3 Å². The van der Waals surface area contributed by atoms with Crippen LogP contribution in [0.1, 0.15) is 32.4 Å². The van der Waals surface area contributed by atoms with Gasteiger partial charge in [0.2, 0.25) is 5.95 Å². The van der Waals surface area contributed by atoms with Crippen LogP contribution in [0.2, 0.25) is 0 Å². The summed E-state index contributed by atoms with van der Waals surface area (Å²) in [6.45, 7) is 6.46. The molecule has 1 aliphatic rings. The molecule has 1 saturated carbocycles. The summed E-state index contributed by atoms with van der Waals surface area (Å²) in [5, 5.41) is 4.42. The number of rotatable bonds is 2. The Bertz CT molecular complexity index is 586. The van der Waals surface area contributed by atoms with Crippen LogP contribution in [0, 0.1) is 12.8 Å². The lowest BCUT2D eigenvalue weighted by Crippen LogP contribution is -2.30. The van der Waals surface area contributed by atoms with E-state index in [4.69, 9.17) is 5.73 Å². The highest BCUT2D eigenvalue weighted by molar-refractivity contribution is 5.78. The Morgan fingerprint density at radius 1 is 1.35 bits per heavy atom. The number of hydrogen-bond donors (Lipinski definition) is 1. The summed E-state index contributed by atoms with van der Waals surface area (Å²) in [6.07, 6.45) is 2.56. The number of aryl methyl sites for hydroxylation is 2. The van der Waals surface area contributed by atoms with E-state index in [9.17, 15) is 0 Å². The number of aromatic nitrogens is 4. The summed E-state index contributed by atoms with van der Waals surface area (Å²) < 4.78 is 4.04. The Kier molecular flexibility index (Phi) is 1.89. The third-order valence-corrected chi connectivity index (χ3v) is 3.98. The van der Waals surface area contributed by atoms with Crippen molar-refractivity contribution in [3.63, 3.8) is 0 Å². The highest BCUT2D eigenvalue weighted by atomic mass is 15.4. The number of anilines is 1. The number of hydrogen-bond acceptors (Lipinski definition) is 3. The van der Waals surface area contributed by atoms with Crippen LogP contribution in [-0.2, 0) is 12.6 Å². The van der Waals surface area contributed by atoms with E-state index in [0.29, 0.717) is 11.9 Å². The van der Waals surface area contributed by atoms with Gasteiger partial charge in [-0.25, -0.2) is 4.98 Å². The lowest BCUT2D eigenvalue weighted by Gasteiger charge is -2.28. The number of fused-ring (bicyclic) bond motifs is 1. The summed E-state index contributed by atoms with van der Waals surface area (Å²) in [4.78, 5) is 4.47. The fraction of sp³-hybridized carbons (Fsp3) is 0.667. The summed E-state index contributed by atoms with van der Waals surface area (Å²) in [5.41, 5.74) is 9.04. The SMILES string of the molecule is Cc1nn(C)c2c1nc(N)n2C(C)(C)C1CC1. The van der Waals surface area contributed by atoms with E-state index in [1.54, 1.807) is 0 Å². The molecule has 2 aromatic heterocycles. The van der Waals surface area contributed by atoms with E-state index >= 15 is 0 Å². The molecule has 3 rings (SSSR count). The van der Waals surface area contributed by atoms with Crippen molar-refractivity contribution in [3.05, 3.63) is 5.69 Å². The lowest BCUT2D eigenvalue weighted by atomic mass is 9.98. The van der Waals surface area contributed by atoms with Gasteiger partial charge in [0, 0.05) is 12.6 Å². The highest BCUT2D eigenvalue weighted by Crippen LogP contribution is 2.46. The Hall–Kier alpha value is -1.52. The van der Waals surface area contributed by atoms with Crippen molar-refractivity contribution < 1.29 is 0 Å². The maximum Gasteiger partial charge on any atom is 0.203 e. The fourth-order valence-electron chi connectivity index (χ4n) is 2.83. The average molecular weight is 233 g/mol. The topological polar surface area (TPSA) is 61.7 Å². The van der Waals surface area contributed by atoms with E-state index in [-0.39, 0.29) is 5.54 Å². The average Bonchev–Trinajstić information content (AvgIpc) is 2.97. The van der Waals surface area contributed by atoms with Crippen LogP contribution in [0.25, 0.3) is 11.2 Å². The Labute approximate surface area is 101 Å². The molecule has 0 saturated heterocycles. The summed E-state index contributed by atoms with van der Waals surface area (Å²) >= 11 is 0. The van der Waals surface area contributed by atoms with Gasteiger partial charge < -0.3 is 5.73 Å². The first-order valence-electron chi connectivity index (χ1n) is 6.11. The van der Waals surface area contributed by atoms with Crippen molar-refractivity contribution >= 4 is 17.1 Å². The molecule has 92 valence electrons. The predicted octanol–water partition coefficient (Wildman–Crippen LogP) is 1.81. The second-order valence-electron chi connectivity index (χ2n) is 5.61. The molecule has 0 aliphatic heterocycles. The zero-order valence-electron chi connectivity index (χ0n) is 10.9. The predicted molar refractivity (Wildman–Crippen MR) is 67.7 cm³/mol. The van der Waals surface area contributed by atoms with Crippen LogP contribution in [0.15, 0.2) is 0 Å². The molecule has 0 atom stereocenters. The first-order valence-corrected chi connectivity index (χ1v) is 6.11. The first kappa shape index (κ1) is 10.6. The molecule has 2 heterocycles. The number of imidazole rings is 1. The second-order valence-corrected chi connectivity index (χ2v) is 5.61. The Morgan fingerprint density at radius 2 is 2.00 bits per heavy atom. The number of nitrogens with zero attached hydrogens (tertiary/aromatic N) is 4. The smallest absolute Gasteiger partial charge is 0.203 e. The molecule has 1 fully saturated rings. The van der Waals surface area contributed by atoms with Crippen LogP contribution < -0.4 is 5.73 Å². The van der Waals surface area contributed by atoms with Gasteiger partial charge in [0.15, 0.2) is 5.65 Å². The minimum absolute atomic E-state index is 0.0269. The molecule has 5 heteroatoms. The third kappa shape index (κ3) is 1.31. The molecule has 0 radical (unpaired) electrons. The molecule has 0 spiro atoms. The summed E-state index contributed by atoms with van der Waals surface area (Å²) in [5.74, 6) is 1.31. The fourth-order valence-corrected chi connectivity index (χ4v) is 2.83. The molecular weight excluding hydrogens is 214 g/mol. The van der Waals surface area contributed by atoms with Crippen LogP contribution in [0.4, 0.5) is 5.95 Å². The minimum atomic E-state index is 0.0269. The highest BCUT2D eigenvalue weighted by Gasteiger charge is 2.41. The summed E-state index contributed by atoms with van der Waals surface area (Å²) in [6, 6.07) is 0. The van der Waals surface area contributed by atoms with Gasteiger partial charge in [0.25, 0.3) is 0 Å². The van der Waals surface area contributed by atoms with Gasteiger partial charge in [-0.1, -0.05) is 0 Å². The molecule has 1 aliphatic carbocycles. The molecule has 17 heavy (non-hydrogen) atoms. The van der Waals surface area contributed by atoms with Gasteiger partial charge >= 0.3 is 0 Å². The van der Waals surface area contributed by atoms with E-state index < -0.39 is 0 Å². The number of nitrogens with two attached hydrogens (primary N) is 1. The van der Waals surface area contributed by atoms with Crippen molar-refractivity contribution in [3.8, 4) is 0 Å². The van der Waals surface area contributed by atoms with E-state index in [1.807, 2.05) is 18.7 Å². The Balaban J connectivity index is 2.31. The van der Waals surface area contributed by atoms with Gasteiger partial charge in [0.1, 0.15) is 5.52 Å². The van der Waals surface area contributed by atoms with E-state index in [0.717, 1.165) is 16.9 Å². The van der Waals surface area contributed by atoms with Crippen LogP contribution in [0.5, 0.6) is 0 Å². The summed E-state index contributed by atoms with van der Waals surface area (Å²) in [7, 11) is 1.95. The van der Waals surface area contributed by atoms with Crippen molar-refractivity contribution in [2.75, 3.05) is 5.73 Å². The first-order chi connectivity index (χ1) is 7.93. The zero-order valence-corrected chi connectivity index (χ0v) is 10.9. The van der Waals surface area contributed by atoms with E-state index in [1.165, 1.54) is 12.8 Å². The lowest BCUT2D eigenvalue weighted by molar-refractivity contribution is 0.314. The zero-order chi connectivity index (χ0) is 12.4. The molecule has 0 amide bonds. The van der Waals surface area contributed by atoms with Crippen LogP contribution in [0.3, 0.4) is 0 Å². The van der Waals surface area contributed by atoms with Crippen molar-refractivity contribution in [2.45, 2.75) is 39.2 Å². The maximum atomic E-state index is 6.10. The van der Waals surface area contributed by atoms with Crippen molar-refractivity contribution in [1.29, 1.82) is 0 Å². The minimum Gasteiger partial charge on any atom is -0.369 e. The van der Waals surface area contributed by atoms with Crippen molar-refractivity contribution in [2.24, 2.45) is 13.0 Å². The Morgan fingerprint density at radius 3 is 2.59 bits per heavy atom. The van der Waals surface area contributed by atoms with E-state index in [2.05, 4.69) is 28.5 Å². The quantitative estimate of drug-likeness (QED) is 0.860. The second kappa shape index (κ2) is 3.03. The molecule has 0 bridgehead atoms.